The van der Waals surface area contributed by atoms with Crippen LogP contribution >= 0.6 is 11.6 Å². The Morgan fingerprint density at radius 3 is 2.33 bits per heavy atom. The molecule has 0 aliphatic heterocycles. The molecule has 0 radical (unpaired) electrons. The van der Waals surface area contributed by atoms with Gasteiger partial charge < -0.3 is 9.47 Å². The number of ether oxygens (including phenoxy) is 2. The predicted molar refractivity (Wildman–Crippen MR) is 73.4 cm³/mol. The first-order valence-corrected chi connectivity index (χ1v) is 6.26. The van der Waals surface area contributed by atoms with E-state index >= 15 is 0 Å². The maximum absolute atomic E-state index is 5.93. The van der Waals surface area contributed by atoms with E-state index in [2.05, 4.69) is 0 Å². The van der Waals surface area contributed by atoms with Crippen molar-refractivity contribution in [1.82, 2.24) is 0 Å². The van der Waals surface area contributed by atoms with Crippen LogP contribution in [0.5, 0.6) is 11.5 Å². The number of hydrogen-bond acceptors (Lipinski definition) is 2. The van der Waals surface area contributed by atoms with Crippen LogP contribution in [0.2, 0.25) is 5.02 Å². The van der Waals surface area contributed by atoms with Crippen LogP contribution in [0.4, 0.5) is 0 Å². The number of halogens is 1. The molecule has 0 bridgehead atoms. The van der Waals surface area contributed by atoms with Crippen molar-refractivity contribution in [2.45, 2.75) is 13.5 Å². The summed E-state index contributed by atoms with van der Waals surface area (Å²) in [6, 6.07) is 15.3. The zero-order chi connectivity index (χ0) is 12.8. The van der Waals surface area contributed by atoms with E-state index < -0.39 is 0 Å². The van der Waals surface area contributed by atoms with Crippen molar-refractivity contribution < 1.29 is 9.47 Å². The second-order valence-corrected chi connectivity index (χ2v) is 4.23. The molecule has 0 unspecified atom stereocenters. The third-order valence-electron chi connectivity index (χ3n) is 2.43. The zero-order valence-electron chi connectivity index (χ0n) is 10.2. The Hall–Kier alpha value is -1.67. The normalized spacial score (nSPS) is 10.1. The van der Waals surface area contributed by atoms with E-state index in [0.717, 1.165) is 17.1 Å². The van der Waals surface area contributed by atoms with Gasteiger partial charge in [0.05, 0.1) is 6.61 Å². The Morgan fingerprint density at radius 1 is 0.944 bits per heavy atom. The second kappa shape index (κ2) is 6.31. The molecule has 2 nitrogen and oxygen atoms in total. The molecule has 0 aromatic heterocycles. The summed E-state index contributed by atoms with van der Waals surface area (Å²) in [4.78, 5) is 0. The molecular formula is C15H15ClO2. The topological polar surface area (TPSA) is 18.5 Å². The lowest BCUT2D eigenvalue weighted by Crippen LogP contribution is -1.99. The third kappa shape index (κ3) is 3.41. The molecule has 0 saturated carbocycles. The minimum Gasteiger partial charge on any atom is -0.490 e. The SMILES string of the molecule is CCOc1ccccc1OCc1cccc(Cl)c1. The van der Waals surface area contributed by atoms with Crippen LogP contribution in [0.15, 0.2) is 48.5 Å². The summed E-state index contributed by atoms with van der Waals surface area (Å²) in [5.41, 5.74) is 1.04. The smallest absolute Gasteiger partial charge is 0.161 e. The van der Waals surface area contributed by atoms with E-state index in [0.29, 0.717) is 18.2 Å². The van der Waals surface area contributed by atoms with Crippen molar-refractivity contribution in [2.75, 3.05) is 6.61 Å². The summed E-state index contributed by atoms with van der Waals surface area (Å²) in [7, 11) is 0. The van der Waals surface area contributed by atoms with Gasteiger partial charge in [0.2, 0.25) is 0 Å². The molecule has 0 N–H and O–H groups in total. The minimum absolute atomic E-state index is 0.477. The Balaban J connectivity index is 2.06. The molecule has 0 amide bonds. The summed E-state index contributed by atoms with van der Waals surface area (Å²) in [5, 5.41) is 0.717. The van der Waals surface area contributed by atoms with Gasteiger partial charge in [-0.15, -0.1) is 0 Å². The van der Waals surface area contributed by atoms with Gasteiger partial charge in [-0.3, -0.25) is 0 Å². The maximum Gasteiger partial charge on any atom is 0.161 e. The quantitative estimate of drug-likeness (QED) is 0.799. The lowest BCUT2D eigenvalue weighted by Gasteiger charge is -2.11. The molecule has 0 aliphatic rings. The molecule has 2 aromatic carbocycles. The second-order valence-electron chi connectivity index (χ2n) is 3.80. The average Bonchev–Trinajstić information content (AvgIpc) is 2.38. The molecule has 0 aliphatic carbocycles. The van der Waals surface area contributed by atoms with Crippen molar-refractivity contribution in [3.63, 3.8) is 0 Å². The average molecular weight is 263 g/mol. The third-order valence-corrected chi connectivity index (χ3v) is 2.67. The maximum atomic E-state index is 5.93. The first-order chi connectivity index (χ1) is 8.79. The van der Waals surface area contributed by atoms with Crippen LogP contribution in [-0.4, -0.2) is 6.61 Å². The largest absolute Gasteiger partial charge is 0.490 e. The minimum atomic E-state index is 0.477. The summed E-state index contributed by atoms with van der Waals surface area (Å²) in [5.74, 6) is 1.52. The van der Waals surface area contributed by atoms with Gasteiger partial charge >= 0.3 is 0 Å². The van der Waals surface area contributed by atoms with Crippen molar-refractivity contribution in [3.05, 3.63) is 59.1 Å². The molecule has 2 rings (SSSR count). The van der Waals surface area contributed by atoms with E-state index in [-0.39, 0.29) is 0 Å². The molecule has 0 fully saturated rings. The van der Waals surface area contributed by atoms with Crippen LogP contribution in [-0.2, 0) is 6.61 Å². The van der Waals surface area contributed by atoms with Gasteiger partial charge in [0.15, 0.2) is 11.5 Å². The van der Waals surface area contributed by atoms with Gasteiger partial charge in [-0.05, 0) is 36.8 Å². The molecule has 2 aromatic rings. The van der Waals surface area contributed by atoms with Crippen molar-refractivity contribution in [3.8, 4) is 11.5 Å². The molecule has 18 heavy (non-hydrogen) atoms. The number of benzene rings is 2. The molecular weight excluding hydrogens is 248 g/mol. The Morgan fingerprint density at radius 2 is 1.67 bits per heavy atom. The monoisotopic (exact) mass is 262 g/mol. The standard InChI is InChI=1S/C15H15ClO2/c1-2-17-14-8-3-4-9-15(14)18-11-12-6-5-7-13(16)10-12/h3-10H,2,11H2,1H3. The molecule has 0 heterocycles. The first-order valence-electron chi connectivity index (χ1n) is 5.88. The highest BCUT2D eigenvalue weighted by atomic mass is 35.5. The Kier molecular flexibility index (Phi) is 4.48. The number of para-hydroxylation sites is 2. The summed E-state index contributed by atoms with van der Waals surface area (Å²) >= 11 is 5.93. The fourth-order valence-electron chi connectivity index (χ4n) is 1.63. The molecule has 0 spiro atoms. The van der Waals surface area contributed by atoms with Gasteiger partial charge in [0, 0.05) is 5.02 Å². The van der Waals surface area contributed by atoms with E-state index in [1.54, 1.807) is 0 Å². The summed E-state index contributed by atoms with van der Waals surface area (Å²) in [6.07, 6.45) is 0. The highest BCUT2D eigenvalue weighted by Crippen LogP contribution is 2.27. The van der Waals surface area contributed by atoms with Crippen LogP contribution in [0.1, 0.15) is 12.5 Å². The van der Waals surface area contributed by atoms with Crippen molar-refractivity contribution in [1.29, 1.82) is 0 Å². The van der Waals surface area contributed by atoms with Crippen LogP contribution in [0.25, 0.3) is 0 Å². The van der Waals surface area contributed by atoms with Crippen molar-refractivity contribution in [2.24, 2.45) is 0 Å². The van der Waals surface area contributed by atoms with E-state index in [1.807, 2.05) is 55.5 Å². The fraction of sp³-hybridized carbons (Fsp3) is 0.200. The summed E-state index contributed by atoms with van der Waals surface area (Å²) in [6.45, 7) is 3.05. The lowest BCUT2D eigenvalue weighted by atomic mass is 10.2. The van der Waals surface area contributed by atoms with Gasteiger partial charge in [0.25, 0.3) is 0 Å². The Labute approximate surface area is 112 Å². The van der Waals surface area contributed by atoms with E-state index in [1.165, 1.54) is 0 Å². The highest BCUT2D eigenvalue weighted by molar-refractivity contribution is 6.30. The van der Waals surface area contributed by atoms with Gasteiger partial charge in [-0.1, -0.05) is 35.9 Å². The lowest BCUT2D eigenvalue weighted by molar-refractivity contribution is 0.269. The van der Waals surface area contributed by atoms with Crippen LogP contribution in [0.3, 0.4) is 0 Å². The van der Waals surface area contributed by atoms with Crippen molar-refractivity contribution >= 4 is 11.6 Å². The fourth-order valence-corrected chi connectivity index (χ4v) is 1.84. The van der Waals surface area contributed by atoms with Gasteiger partial charge in [0.1, 0.15) is 6.61 Å². The van der Waals surface area contributed by atoms with E-state index in [4.69, 9.17) is 21.1 Å². The summed E-state index contributed by atoms with van der Waals surface area (Å²) < 4.78 is 11.2. The number of hydrogen-bond donors (Lipinski definition) is 0. The Bertz CT molecular complexity index is 511. The highest BCUT2D eigenvalue weighted by Gasteiger charge is 2.03. The zero-order valence-corrected chi connectivity index (χ0v) is 11.0. The molecule has 0 saturated heterocycles. The van der Waals surface area contributed by atoms with E-state index in [9.17, 15) is 0 Å². The first kappa shape index (κ1) is 12.8. The van der Waals surface area contributed by atoms with Crippen LogP contribution in [0, 0.1) is 0 Å². The van der Waals surface area contributed by atoms with Crippen LogP contribution < -0.4 is 9.47 Å². The number of rotatable bonds is 5. The predicted octanol–water partition coefficient (Wildman–Crippen LogP) is 4.32. The molecule has 94 valence electrons. The molecule has 3 heteroatoms. The van der Waals surface area contributed by atoms with Gasteiger partial charge in [-0.2, -0.15) is 0 Å². The van der Waals surface area contributed by atoms with Gasteiger partial charge in [-0.25, -0.2) is 0 Å². The molecule has 0 atom stereocenters.